The minimum absolute atomic E-state index is 0.291. The van der Waals surface area contributed by atoms with Crippen molar-refractivity contribution in [1.29, 1.82) is 0 Å². The number of hydrogen-bond acceptors (Lipinski definition) is 3. The maximum absolute atomic E-state index is 5.53. The van der Waals surface area contributed by atoms with Gasteiger partial charge >= 0.3 is 0 Å². The molecule has 1 aromatic carbocycles. The molecule has 0 saturated carbocycles. The smallest absolute Gasteiger partial charge is 0.148 e. The van der Waals surface area contributed by atoms with Crippen molar-refractivity contribution in [2.45, 2.75) is 25.9 Å². The van der Waals surface area contributed by atoms with Crippen LogP contribution in [0.3, 0.4) is 0 Å². The Labute approximate surface area is 120 Å². The normalized spacial score (nSPS) is 11.8. The quantitative estimate of drug-likeness (QED) is 0.785. The van der Waals surface area contributed by atoms with Crippen molar-refractivity contribution in [3.8, 4) is 18.1 Å². The fraction of sp³-hybridized carbons (Fsp3) is 0.294. The SMILES string of the molecule is C#CCOc1ccccc1CNC(C)Cc1ccco1. The summed E-state index contributed by atoms with van der Waals surface area (Å²) in [6.45, 7) is 3.16. The Bertz CT molecular complexity index is 555. The van der Waals surface area contributed by atoms with E-state index in [-0.39, 0.29) is 0 Å². The molecule has 0 amide bonds. The summed E-state index contributed by atoms with van der Waals surface area (Å²) in [5.74, 6) is 4.31. The Hall–Kier alpha value is -2.18. The molecular weight excluding hydrogens is 250 g/mol. The summed E-state index contributed by atoms with van der Waals surface area (Å²) in [4.78, 5) is 0. The van der Waals surface area contributed by atoms with Crippen LogP contribution in [0.1, 0.15) is 18.2 Å². The Morgan fingerprint density at radius 1 is 1.30 bits per heavy atom. The Morgan fingerprint density at radius 2 is 2.15 bits per heavy atom. The third kappa shape index (κ3) is 4.18. The first kappa shape index (κ1) is 14.2. The van der Waals surface area contributed by atoms with Crippen LogP contribution in [0.5, 0.6) is 5.75 Å². The van der Waals surface area contributed by atoms with Crippen LogP contribution in [0.15, 0.2) is 47.1 Å². The lowest BCUT2D eigenvalue weighted by molar-refractivity contribution is 0.363. The molecule has 0 fully saturated rings. The first-order chi connectivity index (χ1) is 9.79. The van der Waals surface area contributed by atoms with Gasteiger partial charge in [-0.05, 0) is 25.1 Å². The fourth-order valence-corrected chi connectivity index (χ4v) is 2.00. The van der Waals surface area contributed by atoms with Crippen molar-refractivity contribution in [3.05, 3.63) is 54.0 Å². The van der Waals surface area contributed by atoms with E-state index < -0.39 is 0 Å². The highest BCUT2D eigenvalue weighted by Gasteiger charge is 2.07. The maximum Gasteiger partial charge on any atom is 0.148 e. The highest BCUT2D eigenvalue weighted by molar-refractivity contribution is 5.33. The topological polar surface area (TPSA) is 34.4 Å². The van der Waals surface area contributed by atoms with Gasteiger partial charge in [0, 0.05) is 24.6 Å². The molecule has 20 heavy (non-hydrogen) atoms. The van der Waals surface area contributed by atoms with Gasteiger partial charge in [0.25, 0.3) is 0 Å². The van der Waals surface area contributed by atoms with Crippen molar-refractivity contribution in [1.82, 2.24) is 5.32 Å². The zero-order chi connectivity index (χ0) is 14.2. The van der Waals surface area contributed by atoms with Crippen molar-refractivity contribution < 1.29 is 9.15 Å². The van der Waals surface area contributed by atoms with Gasteiger partial charge in [-0.15, -0.1) is 6.42 Å². The monoisotopic (exact) mass is 269 g/mol. The minimum Gasteiger partial charge on any atom is -0.481 e. The van der Waals surface area contributed by atoms with Crippen molar-refractivity contribution in [2.24, 2.45) is 0 Å². The third-order valence-corrected chi connectivity index (χ3v) is 3.01. The Balaban J connectivity index is 1.88. The molecule has 1 aromatic heterocycles. The van der Waals surface area contributed by atoms with Crippen molar-refractivity contribution in [2.75, 3.05) is 6.61 Å². The van der Waals surface area contributed by atoms with E-state index in [0.717, 1.165) is 30.0 Å². The van der Waals surface area contributed by atoms with Gasteiger partial charge in [0.1, 0.15) is 18.1 Å². The van der Waals surface area contributed by atoms with Crippen LogP contribution in [0.2, 0.25) is 0 Å². The van der Waals surface area contributed by atoms with Gasteiger partial charge in [0.05, 0.1) is 6.26 Å². The zero-order valence-corrected chi connectivity index (χ0v) is 11.6. The van der Waals surface area contributed by atoms with Gasteiger partial charge in [-0.25, -0.2) is 0 Å². The molecule has 3 nitrogen and oxygen atoms in total. The van der Waals surface area contributed by atoms with E-state index in [2.05, 4.69) is 18.2 Å². The molecule has 0 aliphatic rings. The van der Waals surface area contributed by atoms with E-state index >= 15 is 0 Å². The molecule has 0 bridgehead atoms. The molecule has 1 atom stereocenters. The summed E-state index contributed by atoms with van der Waals surface area (Å²) in [6.07, 6.45) is 7.78. The van der Waals surface area contributed by atoms with E-state index in [1.807, 2.05) is 36.4 Å². The lowest BCUT2D eigenvalue weighted by atomic mass is 10.1. The summed E-state index contributed by atoms with van der Waals surface area (Å²) >= 11 is 0. The molecule has 0 saturated heterocycles. The van der Waals surface area contributed by atoms with Crippen LogP contribution in [-0.4, -0.2) is 12.6 Å². The molecule has 0 radical (unpaired) electrons. The van der Waals surface area contributed by atoms with Gasteiger partial charge in [0.2, 0.25) is 0 Å². The van der Waals surface area contributed by atoms with Crippen LogP contribution in [0, 0.1) is 12.3 Å². The molecule has 2 aromatic rings. The second-order valence-corrected chi connectivity index (χ2v) is 4.67. The van der Waals surface area contributed by atoms with Gasteiger partial charge in [-0.1, -0.05) is 24.1 Å². The minimum atomic E-state index is 0.291. The standard InChI is InChI=1S/C17H19NO2/c1-3-10-20-17-9-5-4-7-15(17)13-18-14(2)12-16-8-6-11-19-16/h1,4-9,11,14,18H,10,12-13H2,2H3. The molecule has 1 heterocycles. The number of rotatable bonds is 7. The summed E-state index contributed by atoms with van der Waals surface area (Å²) in [7, 11) is 0. The predicted octanol–water partition coefficient (Wildman–Crippen LogP) is 3.01. The molecule has 0 aliphatic carbocycles. The average molecular weight is 269 g/mol. The fourth-order valence-electron chi connectivity index (χ4n) is 2.00. The number of hydrogen-bond donors (Lipinski definition) is 1. The predicted molar refractivity (Wildman–Crippen MR) is 79.5 cm³/mol. The van der Waals surface area contributed by atoms with Crippen LogP contribution in [-0.2, 0) is 13.0 Å². The molecule has 1 unspecified atom stereocenters. The number of benzene rings is 1. The lowest BCUT2D eigenvalue weighted by Gasteiger charge is -2.14. The largest absolute Gasteiger partial charge is 0.481 e. The number of nitrogens with one attached hydrogen (secondary N) is 1. The second kappa shape index (κ2) is 7.42. The highest BCUT2D eigenvalue weighted by atomic mass is 16.5. The first-order valence-electron chi connectivity index (χ1n) is 6.69. The van der Waals surface area contributed by atoms with Crippen LogP contribution in [0.4, 0.5) is 0 Å². The summed E-state index contributed by atoms with van der Waals surface area (Å²) < 4.78 is 10.9. The molecule has 2 rings (SSSR count). The molecule has 1 N–H and O–H groups in total. The van der Waals surface area contributed by atoms with Crippen LogP contribution < -0.4 is 10.1 Å². The summed E-state index contributed by atoms with van der Waals surface area (Å²) in [5, 5.41) is 3.46. The molecular formula is C17H19NO2. The third-order valence-electron chi connectivity index (χ3n) is 3.01. The van der Waals surface area contributed by atoms with E-state index in [1.54, 1.807) is 6.26 Å². The Morgan fingerprint density at radius 3 is 2.90 bits per heavy atom. The molecule has 0 aliphatic heterocycles. The first-order valence-corrected chi connectivity index (χ1v) is 6.69. The number of ether oxygens (including phenoxy) is 1. The van der Waals surface area contributed by atoms with E-state index in [0.29, 0.717) is 12.6 Å². The maximum atomic E-state index is 5.53. The van der Waals surface area contributed by atoms with Gasteiger partial charge in [-0.3, -0.25) is 0 Å². The summed E-state index contributed by atoms with van der Waals surface area (Å²) in [6, 6.07) is 12.1. The number of para-hydroxylation sites is 1. The Kier molecular flexibility index (Phi) is 5.28. The van der Waals surface area contributed by atoms with Crippen LogP contribution >= 0.6 is 0 Å². The lowest BCUT2D eigenvalue weighted by Crippen LogP contribution is -2.27. The molecule has 3 heteroatoms. The number of terminal acetylenes is 1. The number of furan rings is 1. The highest BCUT2D eigenvalue weighted by Crippen LogP contribution is 2.17. The van der Waals surface area contributed by atoms with Gasteiger partial charge in [0.15, 0.2) is 0 Å². The summed E-state index contributed by atoms with van der Waals surface area (Å²) in [5.41, 5.74) is 1.11. The van der Waals surface area contributed by atoms with Crippen molar-refractivity contribution >= 4 is 0 Å². The van der Waals surface area contributed by atoms with E-state index in [1.165, 1.54) is 0 Å². The molecule has 0 spiro atoms. The van der Waals surface area contributed by atoms with E-state index in [4.69, 9.17) is 15.6 Å². The van der Waals surface area contributed by atoms with Crippen LogP contribution in [0.25, 0.3) is 0 Å². The van der Waals surface area contributed by atoms with Crippen molar-refractivity contribution in [3.63, 3.8) is 0 Å². The average Bonchev–Trinajstić information content (AvgIpc) is 2.96. The van der Waals surface area contributed by atoms with E-state index in [9.17, 15) is 0 Å². The van der Waals surface area contributed by atoms with Gasteiger partial charge in [-0.2, -0.15) is 0 Å². The zero-order valence-electron chi connectivity index (χ0n) is 11.6. The van der Waals surface area contributed by atoms with Gasteiger partial charge < -0.3 is 14.5 Å². The second-order valence-electron chi connectivity index (χ2n) is 4.67. The molecule has 104 valence electrons.